The SMILES string of the molecule is COCC1(C(=O)Nc2ccc(-c3nc4ccccc4n3C)cc2)CCNCC1.Cl. The Bertz CT molecular complexity index is 973. The summed E-state index contributed by atoms with van der Waals surface area (Å²) in [7, 11) is 3.68. The molecule has 0 spiro atoms. The monoisotopic (exact) mass is 414 g/mol. The summed E-state index contributed by atoms with van der Waals surface area (Å²) in [6, 6.07) is 16.0. The van der Waals surface area contributed by atoms with Crippen molar-refractivity contribution >= 4 is 35.0 Å². The minimum Gasteiger partial charge on any atom is -0.384 e. The highest BCUT2D eigenvalue weighted by atomic mass is 35.5. The number of imidazole rings is 1. The van der Waals surface area contributed by atoms with Crippen molar-refractivity contribution in [2.24, 2.45) is 12.5 Å². The third-order valence-corrected chi connectivity index (χ3v) is 5.65. The van der Waals surface area contributed by atoms with Crippen LogP contribution in [0.2, 0.25) is 0 Å². The fourth-order valence-corrected chi connectivity index (χ4v) is 3.99. The average molecular weight is 415 g/mol. The summed E-state index contributed by atoms with van der Waals surface area (Å²) in [4.78, 5) is 17.7. The highest BCUT2D eigenvalue weighted by molar-refractivity contribution is 5.95. The fourth-order valence-electron chi connectivity index (χ4n) is 3.99. The van der Waals surface area contributed by atoms with Crippen LogP contribution in [0, 0.1) is 5.41 Å². The van der Waals surface area contributed by atoms with E-state index in [1.807, 2.05) is 49.5 Å². The van der Waals surface area contributed by atoms with Gasteiger partial charge in [0.2, 0.25) is 5.91 Å². The maximum Gasteiger partial charge on any atom is 0.233 e. The molecule has 1 aromatic heterocycles. The van der Waals surface area contributed by atoms with Crippen molar-refractivity contribution in [3.8, 4) is 11.4 Å². The number of amides is 1. The summed E-state index contributed by atoms with van der Waals surface area (Å²) in [5.41, 5.74) is 3.43. The van der Waals surface area contributed by atoms with Gasteiger partial charge in [-0.2, -0.15) is 0 Å². The Kier molecular flexibility index (Phi) is 6.57. The van der Waals surface area contributed by atoms with Gasteiger partial charge >= 0.3 is 0 Å². The van der Waals surface area contributed by atoms with Gasteiger partial charge in [0.15, 0.2) is 0 Å². The van der Waals surface area contributed by atoms with Gasteiger partial charge in [0.05, 0.1) is 23.1 Å². The van der Waals surface area contributed by atoms with Crippen LogP contribution in [0.5, 0.6) is 0 Å². The molecule has 2 aromatic carbocycles. The second-order valence-electron chi connectivity index (χ2n) is 7.48. The number of hydrogen-bond donors (Lipinski definition) is 2. The summed E-state index contributed by atoms with van der Waals surface area (Å²) in [6.07, 6.45) is 1.56. The minimum absolute atomic E-state index is 0. The molecule has 0 aliphatic carbocycles. The molecule has 3 aromatic rings. The van der Waals surface area contributed by atoms with Crippen LogP contribution < -0.4 is 10.6 Å². The number of aromatic nitrogens is 2. The van der Waals surface area contributed by atoms with Crippen LogP contribution in [0.3, 0.4) is 0 Å². The maximum absolute atomic E-state index is 13.0. The van der Waals surface area contributed by atoms with Crippen LogP contribution in [0.25, 0.3) is 22.4 Å². The van der Waals surface area contributed by atoms with E-state index in [1.54, 1.807) is 7.11 Å². The number of nitrogens with zero attached hydrogens (tertiary/aromatic N) is 2. The number of carbonyl (C=O) groups excluding carboxylic acids is 1. The number of benzene rings is 2. The van der Waals surface area contributed by atoms with Gasteiger partial charge in [0.25, 0.3) is 0 Å². The average Bonchev–Trinajstić information content (AvgIpc) is 3.06. The zero-order valence-corrected chi connectivity index (χ0v) is 17.6. The lowest BCUT2D eigenvalue weighted by Crippen LogP contribution is -2.47. The highest BCUT2D eigenvalue weighted by Gasteiger charge is 2.39. The van der Waals surface area contributed by atoms with E-state index in [4.69, 9.17) is 9.72 Å². The molecule has 1 aliphatic rings. The van der Waals surface area contributed by atoms with Gasteiger partial charge in [-0.3, -0.25) is 4.79 Å². The molecule has 1 saturated heterocycles. The Balaban J connectivity index is 0.00000240. The van der Waals surface area contributed by atoms with Crippen molar-refractivity contribution in [2.45, 2.75) is 12.8 Å². The lowest BCUT2D eigenvalue weighted by Gasteiger charge is -2.35. The minimum atomic E-state index is -0.462. The predicted molar refractivity (Wildman–Crippen MR) is 118 cm³/mol. The Morgan fingerprint density at radius 2 is 1.86 bits per heavy atom. The van der Waals surface area contributed by atoms with Gasteiger partial charge in [0, 0.05) is 25.4 Å². The molecule has 1 fully saturated rings. The molecular weight excluding hydrogens is 388 g/mol. The van der Waals surface area contributed by atoms with Crippen molar-refractivity contribution in [1.29, 1.82) is 0 Å². The molecular formula is C22H27ClN4O2. The number of fused-ring (bicyclic) bond motifs is 1. The first-order valence-corrected chi connectivity index (χ1v) is 9.66. The van der Waals surface area contributed by atoms with Crippen LogP contribution in [0.15, 0.2) is 48.5 Å². The number of hydrogen-bond acceptors (Lipinski definition) is 4. The third kappa shape index (κ3) is 4.15. The second kappa shape index (κ2) is 8.95. The second-order valence-corrected chi connectivity index (χ2v) is 7.48. The molecule has 4 rings (SSSR count). The van der Waals surface area contributed by atoms with Gasteiger partial charge in [-0.15, -0.1) is 12.4 Å². The summed E-state index contributed by atoms with van der Waals surface area (Å²) in [5, 5.41) is 6.40. The van der Waals surface area contributed by atoms with E-state index in [0.717, 1.165) is 54.0 Å². The number of aryl methyl sites for hydroxylation is 1. The van der Waals surface area contributed by atoms with Crippen LogP contribution >= 0.6 is 12.4 Å². The topological polar surface area (TPSA) is 68.2 Å². The first kappa shape index (κ1) is 21.3. The molecule has 2 heterocycles. The van der Waals surface area contributed by atoms with Gasteiger partial charge in [-0.25, -0.2) is 4.98 Å². The van der Waals surface area contributed by atoms with Crippen molar-refractivity contribution < 1.29 is 9.53 Å². The molecule has 1 aliphatic heterocycles. The van der Waals surface area contributed by atoms with Crippen LogP contribution in [0.4, 0.5) is 5.69 Å². The van der Waals surface area contributed by atoms with E-state index in [1.165, 1.54) is 0 Å². The molecule has 154 valence electrons. The molecule has 0 atom stereocenters. The highest BCUT2D eigenvalue weighted by Crippen LogP contribution is 2.31. The first-order valence-electron chi connectivity index (χ1n) is 9.66. The normalized spacial score (nSPS) is 15.7. The lowest BCUT2D eigenvalue weighted by atomic mass is 9.78. The van der Waals surface area contributed by atoms with Gasteiger partial charge < -0.3 is 19.9 Å². The molecule has 0 bridgehead atoms. The molecule has 6 nitrogen and oxygen atoms in total. The van der Waals surface area contributed by atoms with Gasteiger partial charge in [-0.1, -0.05) is 12.1 Å². The maximum atomic E-state index is 13.0. The van der Waals surface area contributed by atoms with E-state index >= 15 is 0 Å². The zero-order valence-electron chi connectivity index (χ0n) is 16.8. The number of rotatable bonds is 5. The number of methoxy groups -OCH3 is 1. The quantitative estimate of drug-likeness (QED) is 0.669. The Morgan fingerprint density at radius 1 is 1.17 bits per heavy atom. The Labute approximate surface area is 177 Å². The summed E-state index contributed by atoms with van der Waals surface area (Å²) in [5.74, 6) is 0.944. The number of piperidine rings is 1. The molecule has 7 heteroatoms. The first-order chi connectivity index (χ1) is 13.6. The molecule has 29 heavy (non-hydrogen) atoms. The van der Waals surface area contributed by atoms with Crippen molar-refractivity contribution in [3.05, 3.63) is 48.5 Å². The number of ether oxygens (including phenoxy) is 1. The number of carbonyl (C=O) groups is 1. The van der Waals surface area contributed by atoms with Gasteiger partial charge in [0.1, 0.15) is 5.82 Å². The van der Waals surface area contributed by atoms with E-state index in [0.29, 0.717) is 6.61 Å². The molecule has 0 saturated carbocycles. The van der Waals surface area contributed by atoms with E-state index < -0.39 is 5.41 Å². The van der Waals surface area contributed by atoms with Crippen LogP contribution in [-0.4, -0.2) is 42.3 Å². The number of nitrogens with one attached hydrogen (secondary N) is 2. The Hall–Kier alpha value is -2.41. The van der Waals surface area contributed by atoms with E-state index in [2.05, 4.69) is 21.3 Å². The zero-order chi connectivity index (χ0) is 19.6. The van der Waals surface area contributed by atoms with Crippen molar-refractivity contribution in [3.63, 3.8) is 0 Å². The Morgan fingerprint density at radius 3 is 2.52 bits per heavy atom. The molecule has 0 radical (unpaired) electrons. The van der Waals surface area contributed by atoms with Crippen molar-refractivity contribution in [1.82, 2.24) is 14.9 Å². The number of anilines is 1. The number of halogens is 1. The summed E-state index contributed by atoms with van der Waals surface area (Å²) in [6.45, 7) is 2.11. The van der Waals surface area contributed by atoms with E-state index in [9.17, 15) is 4.79 Å². The predicted octanol–water partition coefficient (Wildman–Crippen LogP) is 3.62. The fraction of sp³-hybridized carbons (Fsp3) is 0.364. The molecule has 1 amide bonds. The standard InChI is InChI=1S/C22H26N4O2.ClH/c1-26-19-6-4-3-5-18(19)25-20(26)16-7-9-17(10-8-16)24-21(27)22(15-28-2)11-13-23-14-12-22;/h3-10,23H,11-15H2,1-2H3,(H,24,27);1H. The summed E-state index contributed by atoms with van der Waals surface area (Å²) < 4.78 is 7.45. The smallest absolute Gasteiger partial charge is 0.233 e. The van der Waals surface area contributed by atoms with E-state index in [-0.39, 0.29) is 18.3 Å². The largest absolute Gasteiger partial charge is 0.384 e. The van der Waals surface area contributed by atoms with Crippen molar-refractivity contribution in [2.75, 3.05) is 32.1 Å². The lowest BCUT2D eigenvalue weighted by molar-refractivity contribution is -0.130. The summed E-state index contributed by atoms with van der Waals surface area (Å²) >= 11 is 0. The van der Waals surface area contributed by atoms with Crippen LogP contribution in [0.1, 0.15) is 12.8 Å². The molecule has 2 N–H and O–H groups in total. The molecule has 0 unspecified atom stereocenters. The van der Waals surface area contributed by atoms with Gasteiger partial charge in [-0.05, 0) is 62.3 Å². The van der Waals surface area contributed by atoms with Crippen LogP contribution in [-0.2, 0) is 16.6 Å². The third-order valence-electron chi connectivity index (χ3n) is 5.65. The number of para-hydroxylation sites is 2.